The molecule has 0 aromatic carbocycles. The van der Waals surface area contributed by atoms with Gasteiger partial charge in [0.05, 0.1) is 18.6 Å². The Kier molecular flexibility index (Phi) is 7.11. The predicted octanol–water partition coefficient (Wildman–Crippen LogP) is 2.58. The molecule has 0 radical (unpaired) electrons. The number of carbonyl (C=O) groups excluding carboxylic acids is 2. The molecule has 0 aromatic heterocycles. The van der Waals surface area contributed by atoms with Gasteiger partial charge in [-0.15, -0.1) is 0 Å². The zero-order valence-electron chi connectivity index (χ0n) is 11.6. The molecule has 0 bridgehead atoms. The van der Waals surface area contributed by atoms with Crippen LogP contribution < -0.4 is 0 Å². The van der Waals surface area contributed by atoms with Crippen LogP contribution in [0, 0.1) is 0 Å². The Balaban J connectivity index is 2.64. The topological polar surface area (TPSA) is 52.6 Å². The molecule has 0 spiro atoms. The molecule has 1 aliphatic rings. The number of hydrogen-bond acceptors (Lipinski definition) is 4. The van der Waals surface area contributed by atoms with Crippen molar-refractivity contribution < 1.29 is 19.1 Å². The highest BCUT2D eigenvalue weighted by Gasteiger charge is 2.12. The molecular weight excluding hydrogens is 244 g/mol. The van der Waals surface area contributed by atoms with E-state index in [1.54, 1.807) is 13.2 Å². The molecule has 0 aliphatic carbocycles. The predicted molar refractivity (Wildman–Crippen MR) is 72.7 cm³/mol. The molecule has 0 saturated carbocycles. The van der Waals surface area contributed by atoms with Gasteiger partial charge in [0.1, 0.15) is 0 Å². The van der Waals surface area contributed by atoms with Gasteiger partial charge in [0.15, 0.2) is 5.78 Å². The van der Waals surface area contributed by atoms with E-state index in [0.29, 0.717) is 0 Å². The van der Waals surface area contributed by atoms with Crippen LogP contribution in [0.5, 0.6) is 0 Å². The van der Waals surface area contributed by atoms with Gasteiger partial charge in [-0.05, 0) is 32.3 Å². The first kappa shape index (κ1) is 15.6. The molecule has 0 aromatic rings. The number of rotatable bonds is 1. The van der Waals surface area contributed by atoms with E-state index in [-0.39, 0.29) is 36.8 Å². The second-order valence-electron chi connectivity index (χ2n) is 4.72. The molecule has 1 aliphatic heterocycles. The summed E-state index contributed by atoms with van der Waals surface area (Å²) < 4.78 is 10.6. The third kappa shape index (κ3) is 6.91. The summed E-state index contributed by atoms with van der Waals surface area (Å²) in [5.41, 5.74) is 0. The molecule has 0 amide bonds. The Labute approximate surface area is 114 Å². The second kappa shape index (κ2) is 8.64. The minimum Gasteiger partial charge on any atom is -0.463 e. The molecule has 1 rings (SSSR count). The summed E-state index contributed by atoms with van der Waals surface area (Å²) in [4.78, 5) is 23.0. The Bertz CT molecular complexity index is 357. The van der Waals surface area contributed by atoms with Crippen LogP contribution in [0.3, 0.4) is 0 Å². The lowest BCUT2D eigenvalue weighted by molar-refractivity contribution is -0.149. The van der Waals surface area contributed by atoms with Crippen LogP contribution in [0.15, 0.2) is 24.3 Å². The van der Waals surface area contributed by atoms with Crippen LogP contribution in [-0.4, -0.2) is 31.1 Å². The van der Waals surface area contributed by atoms with Crippen molar-refractivity contribution in [1.29, 1.82) is 0 Å². The fourth-order valence-corrected chi connectivity index (χ4v) is 1.90. The molecule has 0 fully saturated rings. The largest absolute Gasteiger partial charge is 0.463 e. The van der Waals surface area contributed by atoms with Gasteiger partial charge in [-0.25, -0.2) is 0 Å². The van der Waals surface area contributed by atoms with E-state index in [4.69, 9.17) is 9.47 Å². The first-order valence-electron chi connectivity index (χ1n) is 6.71. The molecule has 4 nitrogen and oxygen atoms in total. The van der Waals surface area contributed by atoms with Crippen molar-refractivity contribution in [2.24, 2.45) is 0 Å². The number of ether oxygens (including phenoxy) is 2. The quantitative estimate of drug-likeness (QED) is 0.684. The maximum Gasteiger partial charge on any atom is 0.306 e. The lowest BCUT2D eigenvalue weighted by Crippen LogP contribution is -2.16. The zero-order chi connectivity index (χ0) is 14.1. The summed E-state index contributed by atoms with van der Waals surface area (Å²) in [6.07, 6.45) is 9.81. The molecule has 0 saturated heterocycles. The Hall–Kier alpha value is -1.42. The molecule has 4 heteroatoms. The van der Waals surface area contributed by atoms with Crippen LogP contribution in [0.25, 0.3) is 0 Å². The van der Waals surface area contributed by atoms with Gasteiger partial charge in [0.2, 0.25) is 0 Å². The van der Waals surface area contributed by atoms with E-state index in [1.807, 2.05) is 19.1 Å². The van der Waals surface area contributed by atoms with E-state index in [0.717, 1.165) is 19.3 Å². The third-order valence-electron chi connectivity index (χ3n) is 3.03. The van der Waals surface area contributed by atoms with Gasteiger partial charge >= 0.3 is 5.97 Å². The average molecular weight is 266 g/mol. The minimum atomic E-state index is -0.301. The molecule has 19 heavy (non-hydrogen) atoms. The first-order chi connectivity index (χ1) is 9.11. The van der Waals surface area contributed by atoms with Crippen molar-refractivity contribution in [3.63, 3.8) is 0 Å². The molecule has 1 heterocycles. The molecule has 2 atom stereocenters. The molecule has 2 unspecified atom stereocenters. The van der Waals surface area contributed by atoms with Gasteiger partial charge in [0.25, 0.3) is 0 Å². The first-order valence-corrected chi connectivity index (χ1v) is 6.71. The van der Waals surface area contributed by atoms with Crippen LogP contribution in [0.2, 0.25) is 0 Å². The number of hydrogen-bond donors (Lipinski definition) is 0. The summed E-state index contributed by atoms with van der Waals surface area (Å²) in [5, 5.41) is 0. The van der Waals surface area contributed by atoms with Crippen LogP contribution in [0.1, 0.15) is 39.0 Å². The van der Waals surface area contributed by atoms with Crippen molar-refractivity contribution in [2.45, 2.75) is 51.2 Å². The minimum absolute atomic E-state index is 0.0330. The van der Waals surface area contributed by atoms with E-state index in [1.165, 1.54) is 6.08 Å². The highest BCUT2D eigenvalue weighted by atomic mass is 16.5. The number of ketones is 1. The molecular formula is C15H22O4. The van der Waals surface area contributed by atoms with Gasteiger partial charge in [-0.1, -0.05) is 18.2 Å². The fraction of sp³-hybridized carbons (Fsp3) is 0.600. The van der Waals surface area contributed by atoms with E-state index >= 15 is 0 Å². The lowest BCUT2D eigenvalue weighted by Gasteiger charge is -2.15. The van der Waals surface area contributed by atoms with Crippen molar-refractivity contribution in [2.75, 3.05) is 7.11 Å². The van der Waals surface area contributed by atoms with Crippen molar-refractivity contribution in [3.8, 4) is 0 Å². The number of carbonyl (C=O) groups is 2. The van der Waals surface area contributed by atoms with E-state index in [9.17, 15) is 9.59 Å². The summed E-state index contributed by atoms with van der Waals surface area (Å²) in [5.74, 6) is -0.370. The monoisotopic (exact) mass is 266 g/mol. The second-order valence-corrected chi connectivity index (χ2v) is 4.72. The van der Waals surface area contributed by atoms with Crippen LogP contribution in [-0.2, 0) is 19.1 Å². The molecule has 106 valence electrons. The highest BCUT2D eigenvalue weighted by Crippen LogP contribution is 2.11. The van der Waals surface area contributed by atoms with E-state index in [2.05, 4.69) is 0 Å². The number of esters is 1. The summed E-state index contributed by atoms with van der Waals surface area (Å²) >= 11 is 0. The Morgan fingerprint density at radius 1 is 1.21 bits per heavy atom. The number of allylic oxidation sites excluding steroid dienone is 3. The smallest absolute Gasteiger partial charge is 0.306 e. The van der Waals surface area contributed by atoms with Gasteiger partial charge in [0, 0.05) is 13.5 Å². The molecule has 0 N–H and O–H groups in total. The normalized spacial score (nSPS) is 26.8. The van der Waals surface area contributed by atoms with Crippen molar-refractivity contribution in [1.82, 2.24) is 0 Å². The van der Waals surface area contributed by atoms with Crippen molar-refractivity contribution in [3.05, 3.63) is 24.3 Å². The summed E-state index contributed by atoms with van der Waals surface area (Å²) in [6.45, 7) is 1.88. The maximum atomic E-state index is 11.5. The standard InChI is InChI=1S/C15H22O4/c1-12-6-5-9-14(18-2)8-4-3-7-13(16)10-11-15(17)19-12/h3-4,7-8,12,14H,5-6,9-11H2,1-2H3. The van der Waals surface area contributed by atoms with Gasteiger partial charge < -0.3 is 9.47 Å². The zero-order valence-corrected chi connectivity index (χ0v) is 11.6. The van der Waals surface area contributed by atoms with Crippen LogP contribution >= 0.6 is 0 Å². The highest BCUT2D eigenvalue weighted by molar-refractivity contribution is 5.92. The van der Waals surface area contributed by atoms with Crippen LogP contribution in [0.4, 0.5) is 0 Å². The number of cyclic esters (lactones) is 1. The number of methoxy groups -OCH3 is 1. The maximum absolute atomic E-state index is 11.5. The Morgan fingerprint density at radius 3 is 2.74 bits per heavy atom. The summed E-state index contributed by atoms with van der Waals surface area (Å²) in [6, 6.07) is 0. The van der Waals surface area contributed by atoms with Crippen molar-refractivity contribution >= 4 is 11.8 Å². The lowest BCUT2D eigenvalue weighted by atomic mass is 10.1. The fourth-order valence-electron chi connectivity index (χ4n) is 1.90. The van der Waals surface area contributed by atoms with E-state index < -0.39 is 0 Å². The average Bonchev–Trinajstić information content (AvgIpc) is 2.38. The van der Waals surface area contributed by atoms with Gasteiger partial charge in [-0.3, -0.25) is 9.59 Å². The Morgan fingerprint density at radius 2 is 2.00 bits per heavy atom. The summed E-state index contributed by atoms with van der Waals surface area (Å²) in [7, 11) is 1.66. The SMILES string of the molecule is COC1C=CC=CC(=O)CCC(=O)OC(C)CCC1. The third-order valence-corrected chi connectivity index (χ3v) is 3.03. The van der Waals surface area contributed by atoms with Gasteiger partial charge in [-0.2, -0.15) is 0 Å².